The predicted molar refractivity (Wildman–Crippen MR) is 101 cm³/mol. The summed E-state index contributed by atoms with van der Waals surface area (Å²) in [6.07, 6.45) is 3.08. The van der Waals surface area contributed by atoms with Crippen LogP contribution < -0.4 is 10.6 Å². The van der Waals surface area contributed by atoms with Gasteiger partial charge in [0.25, 0.3) is 5.91 Å². The Bertz CT molecular complexity index is 742. The molecule has 0 saturated carbocycles. The molecule has 1 aromatic heterocycles. The number of hydrogen-bond donors (Lipinski definition) is 2. The molecule has 2 aromatic rings. The molecule has 7 heteroatoms. The van der Waals surface area contributed by atoms with E-state index >= 15 is 0 Å². The van der Waals surface area contributed by atoms with E-state index in [4.69, 9.17) is 4.74 Å². The fourth-order valence-electron chi connectivity index (χ4n) is 2.78. The molecule has 0 radical (unpaired) electrons. The van der Waals surface area contributed by atoms with Crippen molar-refractivity contribution in [2.24, 2.45) is 0 Å². The van der Waals surface area contributed by atoms with Crippen molar-refractivity contribution >= 4 is 17.4 Å². The molecule has 2 heterocycles. The molecule has 1 aliphatic heterocycles. The van der Waals surface area contributed by atoms with Crippen molar-refractivity contribution < 1.29 is 9.53 Å². The molecule has 0 atom stereocenters. The van der Waals surface area contributed by atoms with Gasteiger partial charge in [0.15, 0.2) is 0 Å². The smallest absolute Gasteiger partial charge is 0.271 e. The van der Waals surface area contributed by atoms with Gasteiger partial charge in [-0.1, -0.05) is 12.1 Å². The number of carbonyl (C=O) groups excluding carboxylic acids is 1. The molecule has 26 heavy (non-hydrogen) atoms. The fourth-order valence-corrected chi connectivity index (χ4v) is 2.78. The third-order valence-corrected chi connectivity index (χ3v) is 4.57. The van der Waals surface area contributed by atoms with Crippen molar-refractivity contribution in [1.82, 2.24) is 20.2 Å². The highest BCUT2D eigenvalue weighted by Crippen LogP contribution is 2.21. The zero-order valence-corrected chi connectivity index (χ0v) is 15.3. The average Bonchev–Trinajstić information content (AvgIpc) is 2.67. The minimum atomic E-state index is -0.205. The van der Waals surface area contributed by atoms with Crippen LogP contribution in [-0.2, 0) is 4.74 Å². The Labute approximate surface area is 153 Å². The normalized spacial score (nSPS) is 14.8. The monoisotopic (exact) mass is 355 g/mol. The Balaban J connectivity index is 1.51. The first kappa shape index (κ1) is 18.3. The average molecular weight is 355 g/mol. The molecule has 0 aliphatic carbocycles. The van der Waals surface area contributed by atoms with Gasteiger partial charge in [-0.05, 0) is 31.0 Å². The van der Waals surface area contributed by atoms with Gasteiger partial charge in [-0.25, -0.2) is 9.97 Å². The topological polar surface area (TPSA) is 79.4 Å². The van der Waals surface area contributed by atoms with Gasteiger partial charge in [0, 0.05) is 31.9 Å². The number of hydrogen-bond acceptors (Lipinski definition) is 6. The maximum atomic E-state index is 12.2. The molecule has 0 bridgehead atoms. The number of anilines is 2. The van der Waals surface area contributed by atoms with Crippen molar-refractivity contribution in [2.45, 2.75) is 13.8 Å². The van der Waals surface area contributed by atoms with E-state index in [9.17, 15) is 4.79 Å². The number of morpholine rings is 1. The molecule has 138 valence electrons. The van der Waals surface area contributed by atoms with Gasteiger partial charge >= 0.3 is 0 Å². The Hall–Kier alpha value is -2.51. The summed E-state index contributed by atoms with van der Waals surface area (Å²) in [4.78, 5) is 23.0. The largest absolute Gasteiger partial charge is 0.379 e. The van der Waals surface area contributed by atoms with Crippen LogP contribution in [0.25, 0.3) is 0 Å². The van der Waals surface area contributed by atoms with Crippen LogP contribution in [0, 0.1) is 13.8 Å². The van der Waals surface area contributed by atoms with Gasteiger partial charge in [0.2, 0.25) is 0 Å². The highest BCUT2D eigenvalue weighted by atomic mass is 16.5. The molecule has 1 aromatic carbocycles. The first-order valence-electron chi connectivity index (χ1n) is 8.87. The summed E-state index contributed by atoms with van der Waals surface area (Å²) >= 11 is 0. The number of benzene rings is 1. The van der Waals surface area contributed by atoms with Crippen molar-refractivity contribution in [2.75, 3.05) is 44.7 Å². The number of ether oxygens (including phenoxy) is 1. The standard InChI is InChI=1S/C19H25N5O2/c1-14-4-3-5-16(15(14)2)23-18-13-21-17(12-22-18)19(25)20-6-7-24-8-10-26-11-9-24/h3-5,12-13H,6-11H2,1-2H3,(H,20,25)(H,22,23). The van der Waals surface area contributed by atoms with Crippen molar-refractivity contribution in [1.29, 1.82) is 0 Å². The minimum absolute atomic E-state index is 0.205. The van der Waals surface area contributed by atoms with Gasteiger partial charge in [-0.3, -0.25) is 9.69 Å². The van der Waals surface area contributed by atoms with E-state index in [-0.39, 0.29) is 5.91 Å². The molecule has 1 saturated heterocycles. The number of aryl methyl sites for hydroxylation is 1. The highest BCUT2D eigenvalue weighted by molar-refractivity contribution is 5.92. The molecule has 7 nitrogen and oxygen atoms in total. The lowest BCUT2D eigenvalue weighted by atomic mass is 10.1. The van der Waals surface area contributed by atoms with E-state index in [2.05, 4.69) is 45.4 Å². The van der Waals surface area contributed by atoms with Crippen molar-refractivity contribution in [3.8, 4) is 0 Å². The number of aromatic nitrogens is 2. The van der Waals surface area contributed by atoms with Crippen LogP contribution >= 0.6 is 0 Å². The second kappa shape index (κ2) is 8.73. The maximum absolute atomic E-state index is 12.2. The molecule has 0 spiro atoms. The van der Waals surface area contributed by atoms with Crippen molar-refractivity contribution in [3.05, 3.63) is 47.4 Å². The third kappa shape index (κ3) is 4.77. The van der Waals surface area contributed by atoms with Crippen LogP contribution in [0.4, 0.5) is 11.5 Å². The van der Waals surface area contributed by atoms with Gasteiger partial charge in [-0.2, -0.15) is 0 Å². The minimum Gasteiger partial charge on any atom is -0.379 e. The van der Waals surface area contributed by atoms with E-state index in [0.29, 0.717) is 18.1 Å². The zero-order valence-electron chi connectivity index (χ0n) is 15.3. The summed E-state index contributed by atoms with van der Waals surface area (Å²) in [5, 5.41) is 6.13. The predicted octanol–water partition coefficient (Wildman–Crippen LogP) is 1.90. The number of carbonyl (C=O) groups is 1. The van der Waals surface area contributed by atoms with Gasteiger partial charge < -0.3 is 15.4 Å². The molecule has 1 fully saturated rings. The number of nitrogens with zero attached hydrogens (tertiary/aromatic N) is 3. The summed E-state index contributed by atoms with van der Waals surface area (Å²) in [6.45, 7) is 8.86. The van der Waals surface area contributed by atoms with Gasteiger partial charge in [0.1, 0.15) is 11.5 Å². The van der Waals surface area contributed by atoms with Crippen LogP contribution in [0.15, 0.2) is 30.6 Å². The van der Waals surface area contributed by atoms with Crippen LogP contribution in [0.2, 0.25) is 0 Å². The maximum Gasteiger partial charge on any atom is 0.271 e. The van der Waals surface area contributed by atoms with E-state index in [0.717, 1.165) is 38.5 Å². The van der Waals surface area contributed by atoms with E-state index in [1.165, 1.54) is 17.3 Å². The Morgan fingerprint density at radius 3 is 2.73 bits per heavy atom. The Morgan fingerprint density at radius 1 is 1.19 bits per heavy atom. The van der Waals surface area contributed by atoms with Crippen LogP contribution in [0.1, 0.15) is 21.6 Å². The van der Waals surface area contributed by atoms with Gasteiger partial charge in [0.05, 0.1) is 25.6 Å². The summed E-state index contributed by atoms with van der Waals surface area (Å²) in [6, 6.07) is 6.06. The summed E-state index contributed by atoms with van der Waals surface area (Å²) in [5.41, 5.74) is 3.68. The summed E-state index contributed by atoms with van der Waals surface area (Å²) < 4.78 is 5.31. The second-order valence-corrected chi connectivity index (χ2v) is 6.37. The first-order valence-corrected chi connectivity index (χ1v) is 8.87. The quantitative estimate of drug-likeness (QED) is 0.824. The molecule has 0 unspecified atom stereocenters. The number of nitrogens with one attached hydrogen (secondary N) is 2. The first-order chi connectivity index (χ1) is 12.6. The molecular weight excluding hydrogens is 330 g/mol. The Kier molecular flexibility index (Phi) is 6.14. The van der Waals surface area contributed by atoms with Crippen molar-refractivity contribution in [3.63, 3.8) is 0 Å². The van der Waals surface area contributed by atoms with Crippen LogP contribution in [0.5, 0.6) is 0 Å². The third-order valence-electron chi connectivity index (χ3n) is 4.57. The molecular formula is C19H25N5O2. The fraction of sp³-hybridized carbons (Fsp3) is 0.421. The zero-order chi connectivity index (χ0) is 18.4. The lowest BCUT2D eigenvalue weighted by Gasteiger charge is -2.26. The highest BCUT2D eigenvalue weighted by Gasteiger charge is 2.12. The van der Waals surface area contributed by atoms with Gasteiger partial charge in [-0.15, -0.1) is 0 Å². The summed E-state index contributed by atoms with van der Waals surface area (Å²) in [7, 11) is 0. The second-order valence-electron chi connectivity index (χ2n) is 6.37. The number of rotatable bonds is 6. The molecule has 1 amide bonds. The number of amides is 1. The summed E-state index contributed by atoms with van der Waals surface area (Å²) in [5.74, 6) is 0.410. The SMILES string of the molecule is Cc1cccc(Nc2cnc(C(=O)NCCN3CCOCC3)cn2)c1C. The Morgan fingerprint density at radius 2 is 2.00 bits per heavy atom. The lowest BCUT2D eigenvalue weighted by Crippen LogP contribution is -2.41. The van der Waals surface area contributed by atoms with Crippen LogP contribution in [-0.4, -0.2) is 60.2 Å². The molecule has 1 aliphatic rings. The van der Waals surface area contributed by atoms with Crippen LogP contribution in [0.3, 0.4) is 0 Å². The lowest BCUT2D eigenvalue weighted by molar-refractivity contribution is 0.0383. The molecule has 3 rings (SSSR count). The van der Waals surface area contributed by atoms with E-state index in [1.807, 2.05) is 12.1 Å². The molecule has 2 N–H and O–H groups in total. The van der Waals surface area contributed by atoms with E-state index < -0.39 is 0 Å². The van der Waals surface area contributed by atoms with E-state index in [1.54, 1.807) is 6.20 Å².